The number of nitrogens with zero attached hydrogens (tertiary/aromatic N) is 2. The number of allylic oxidation sites excluding steroid dienone is 1. The molecule has 1 amide bonds. The molecular formula is C22H21ClF3N3O. The molecule has 30 heavy (non-hydrogen) atoms. The van der Waals surface area contributed by atoms with Crippen molar-refractivity contribution < 1.29 is 18.0 Å². The van der Waals surface area contributed by atoms with Gasteiger partial charge in [0.2, 0.25) is 0 Å². The van der Waals surface area contributed by atoms with Gasteiger partial charge in [-0.15, -0.1) is 0 Å². The van der Waals surface area contributed by atoms with Crippen LogP contribution in [0.3, 0.4) is 0 Å². The lowest BCUT2D eigenvalue weighted by atomic mass is 9.88. The summed E-state index contributed by atoms with van der Waals surface area (Å²) < 4.78 is 38.4. The molecule has 2 aromatic rings. The molecule has 158 valence electrons. The number of rotatable bonds is 3. The topological polar surface area (TPSA) is 44.7 Å². The minimum atomic E-state index is -4.52. The fourth-order valence-electron chi connectivity index (χ4n) is 3.35. The standard InChI is InChI=1S/C22H21ClF3N3O/c1-13-11-21(2,3)29(4)19-10-18(23)15(9-17(13)19)12-27-28-20(30)14-6-5-7-16(8-14)22(24,25)26/h5-12H,1-4H3,(H,28,30)/b27-12+. The van der Waals surface area contributed by atoms with Crippen molar-refractivity contribution in [2.24, 2.45) is 5.10 Å². The van der Waals surface area contributed by atoms with Gasteiger partial charge in [-0.1, -0.05) is 23.7 Å². The molecule has 0 unspecified atom stereocenters. The van der Waals surface area contributed by atoms with Crippen molar-refractivity contribution >= 4 is 35.0 Å². The molecule has 0 fully saturated rings. The highest BCUT2D eigenvalue weighted by molar-refractivity contribution is 6.33. The van der Waals surface area contributed by atoms with Crippen LogP contribution in [-0.2, 0) is 6.18 Å². The normalized spacial score (nSPS) is 15.7. The Kier molecular flexibility index (Phi) is 5.69. The molecule has 2 aromatic carbocycles. The van der Waals surface area contributed by atoms with Gasteiger partial charge in [-0.3, -0.25) is 4.79 Å². The van der Waals surface area contributed by atoms with Crippen LogP contribution in [0.4, 0.5) is 18.9 Å². The smallest absolute Gasteiger partial charge is 0.365 e. The number of amides is 1. The zero-order valence-corrected chi connectivity index (χ0v) is 17.7. The van der Waals surface area contributed by atoms with Crippen molar-refractivity contribution in [2.75, 3.05) is 11.9 Å². The van der Waals surface area contributed by atoms with E-state index in [0.29, 0.717) is 10.6 Å². The minimum absolute atomic E-state index is 0.138. The molecule has 4 nitrogen and oxygen atoms in total. The van der Waals surface area contributed by atoms with Crippen LogP contribution in [0.15, 0.2) is 47.6 Å². The Morgan fingerprint density at radius 3 is 2.60 bits per heavy atom. The predicted molar refractivity (Wildman–Crippen MR) is 114 cm³/mol. The lowest BCUT2D eigenvalue weighted by Gasteiger charge is -2.40. The Morgan fingerprint density at radius 1 is 1.23 bits per heavy atom. The van der Waals surface area contributed by atoms with E-state index in [1.165, 1.54) is 18.3 Å². The van der Waals surface area contributed by atoms with Crippen molar-refractivity contribution in [1.82, 2.24) is 5.43 Å². The van der Waals surface area contributed by atoms with Crippen molar-refractivity contribution in [1.29, 1.82) is 0 Å². The van der Waals surface area contributed by atoms with Crippen LogP contribution in [0.2, 0.25) is 5.02 Å². The zero-order chi connectivity index (χ0) is 22.3. The van der Waals surface area contributed by atoms with E-state index >= 15 is 0 Å². The van der Waals surface area contributed by atoms with E-state index < -0.39 is 17.6 Å². The predicted octanol–water partition coefficient (Wildman–Crippen LogP) is 5.75. The summed E-state index contributed by atoms with van der Waals surface area (Å²) >= 11 is 6.40. The molecule has 0 bridgehead atoms. The summed E-state index contributed by atoms with van der Waals surface area (Å²) in [7, 11) is 1.99. The first kappa shape index (κ1) is 21.9. The van der Waals surface area contributed by atoms with Gasteiger partial charge in [-0.25, -0.2) is 5.43 Å². The molecular weight excluding hydrogens is 415 g/mol. The van der Waals surface area contributed by atoms with E-state index in [9.17, 15) is 18.0 Å². The van der Waals surface area contributed by atoms with Crippen molar-refractivity contribution in [3.05, 3.63) is 69.8 Å². The lowest BCUT2D eigenvalue weighted by Crippen LogP contribution is -2.42. The van der Waals surface area contributed by atoms with Crippen LogP contribution in [0, 0.1) is 0 Å². The molecule has 3 rings (SSSR count). The van der Waals surface area contributed by atoms with Crippen molar-refractivity contribution in [3.63, 3.8) is 0 Å². The Morgan fingerprint density at radius 2 is 1.93 bits per heavy atom. The molecule has 1 heterocycles. The van der Waals surface area contributed by atoms with Crippen molar-refractivity contribution in [3.8, 4) is 0 Å². The fourth-order valence-corrected chi connectivity index (χ4v) is 3.56. The molecule has 1 aliphatic heterocycles. The van der Waals surface area contributed by atoms with Gasteiger partial charge in [0.15, 0.2) is 0 Å². The number of benzene rings is 2. The zero-order valence-electron chi connectivity index (χ0n) is 16.9. The van der Waals surface area contributed by atoms with Crippen LogP contribution < -0.4 is 10.3 Å². The second-order valence-corrected chi connectivity index (χ2v) is 8.12. The maximum atomic E-state index is 12.8. The Labute approximate surface area is 178 Å². The molecule has 8 heteroatoms. The second-order valence-electron chi connectivity index (χ2n) is 7.71. The third-order valence-corrected chi connectivity index (χ3v) is 5.48. The van der Waals surface area contributed by atoms with Gasteiger partial charge >= 0.3 is 6.18 Å². The third kappa shape index (κ3) is 4.36. The highest BCUT2D eigenvalue weighted by atomic mass is 35.5. The minimum Gasteiger partial charge on any atom is -0.365 e. The molecule has 0 atom stereocenters. The first-order valence-corrected chi connectivity index (χ1v) is 9.56. The molecule has 0 radical (unpaired) electrons. The number of alkyl halides is 3. The number of halogens is 4. The van der Waals surface area contributed by atoms with Gasteiger partial charge in [0.1, 0.15) is 0 Å². The number of hydrogen-bond donors (Lipinski definition) is 1. The summed E-state index contributed by atoms with van der Waals surface area (Å²) in [6.07, 6.45) is -0.996. The van der Waals surface area contributed by atoms with Gasteiger partial charge in [-0.05, 0) is 56.7 Å². The molecule has 0 spiro atoms. The van der Waals surface area contributed by atoms with E-state index in [-0.39, 0.29) is 11.1 Å². The molecule has 1 N–H and O–H groups in total. The number of fused-ring (bicyclic) bond motifs is 1. The summed E-state index contributed by atoms with van der Waals surface area (Å²) in [5.41, 5.74) is 4.70. The first-order chi connectivity index (χ1) is 13.9. The lowest BCUT2D eigenvalue weighted by molar-refractivity contribution is -0.137. The number of hydrogen-bond acceptors (Lipinski definition) is 3. The maximum Gasteiger partial charge on any atom is 0.416 e. The summed E-state index contributed by atoms with van der Waals surface area (Å²) in [5.74, 6) is -0.746. The molecule has 0 aromatic heterocycles. The highest BCUT2D eigenvalue weighted by Crippen LogP contribution is 2.40. The first-order valence-electron chi connectivity index (χ1n) is 9.18. The summed E-state index contributed by atoms with van der Waals surface area (Å²) in [6.45, 7) is 6.22. The van der Waals surface area contributed by atoms with E-state index in [2.05, 4.69) is 35.4 Å². The van der Waals surface area contributed by atoms with Crippen LogP contribution in [0.5, 0.6) is 0 Å². The van der Waals surface area contributed by atoms with Crippen LogP contribution in [-0.4, -0.2) is 24.7 Å². The highest BCUT2D eigenvalue weighted by Gasteiger charge is 2.31. The van der Waals surface area contributed by atoms with Gasteiger partial charge in [0.05, 0.1) is 22.3 Å². The fraction of sp³-hybridized carbons (Fsp3) is 0.273. The average Bonchev–Trinajstić information content (AvgIpc) is 2.66. The third-order valence-electron chi connectivity index (χ3n) is 5.16. The van der Waals surface area contributed by atoms with Crippen LogP contribution in [0.1, 0.15) is 47.8 Å². The number of carbonyl (C=O) groups is 1. The molecule has 0 aliphatic carbocycles. The van der Waals surface area contributed by atoms with Gasteiger partial charge in [-0.2, -0.15) is 18.3 Å². The Hall–Kier alpha value is -2.80. The Bertz CT molecular complexity index is 1060. The van der Waals surface area contributed by atoms with E-state index in [0.717, 1.165) is 29.0 Å². The number of carbonyl (C=O) groups excluding carboxylic acids is 1. The quantitative estimate of drug-likeness (QED) is 0.492. The molecule has 0 saturated carbocycles. The van der Waals surface area contributed by atoms with Crippen LogP contribution in [0.25, 0.3) is 5.57 Å². The Balaban J connectivity index is 1.81. The van der Waals surface area contributed by atoms with Crippen molar-refractivity contribution in [2.45, 2.75) is 32.5 Å². The summed E-state index contributed by atoms with van der Waals surface area (Å²) in [4.78, 5) is 14.3. The summed E-state index contributed by atoms with van der Waals surface area (Å²) in [5, 5.41) is 4.32. The largest absolute Gasteiger partial charge is 0.416 e. The van der Waals surface area contributed by atoms with E-state index in [4.69, 9.17) is 11.6 Å². The van der Waals surface area contributed by atoms with Gasteiger partial charge < -0.3 is 4.90 Å². The molecule has 0 saturated heterocycles. The van der Waals surface area contributed by atoms with Gasteiger partial charge in [0, 0.05) is 29.4 Å². The number of nitrogens with one attached hydrogen (secondary N) is 1. The van der Waals surface area contributed by atoms with E-state index in [1.54, 1.807) is 0 Å². The van der Waals surface area contributed by atoms with Crippen LogP contribution >= 0.6 is 11.6 Å². The van der Waals surface area contributed by atoms with E-state index in [1.807, 2.05) is 26.1 Å². The maximum absolute atomic E-state index is 12.8. The number of likely N-dealkylation sites (N-methyl/N-ethyl adjacent to an activating group) is 1. The second kappa shape index (κ2) is 7.80. The monoisotopic (exact) mass is 435 g/mol. The number of hydrazone groups is 1. The SMILES string of the molecule is CC1=CC(C)(C)N(C)c2cc(Cl)c(/C=N/NC(=O)c3cccc(C(F)(F)F)c3)cc21. The average molecular weight is 436 g/mol. The molecule has 1 aliphatic rings. The summed E-state index contributed by atoms with van der Waals surface area (Å²) in [6, 6.07) is 7.86. The van der Waals surface area contributed by atoms with Gasteiger partial charge in [0.25, 0.3) is 5.91 Å². The number of anilines is 1.